The molecular formula is C33H41N3O2S. The van der Waals surface area contributed by atoms with Gasteiger partial charge in [-0.15, -0.1) is 11.3 Å². The summed E-state index contributed by atoms with van der Waals surface area (Å²) in [6.45, 7) is 9.45. The number of carbonyl (C=O) groups excluding carboxylic acids is 1. The molecule has 3 N–H and O–H groups in total. The fourth-order valence-electron chi connectivity index (χ4n) is 5.36. The third kappa shape index (κ3) is 7.38. The maximum atomic E-state index is 13.3. The molecule has 2 aliphatic rings. The molecular weight excluding hydrogens is 502 g/mol. The average Bonchev–Trinajstić information content (AvgIpc) is 3.66. The van der Waals surface area contributed by atoms with E-state index >= 15 is 0 Å². The van der Waals surface area contributed by atoms with Gasteiger partial charge in [0.1, 0.15) is 0 Å². The Balaban J connectivity index is 1.30. The second-order valence-corrected chi connectivity index (χ2v) is 12.0. The number of nitrogens with two attached hydrogens (primary N) is 1. The van der Waals surface area contributed by atoms with E-state index in [0.717, 1.165) is 55.3 Å². The molecule has 5 nitrogen and oxygen atoms in total. The molecule has 2 heterocycles. The number of thiophene rings is 1. The van der Waals surface area contributed by atoms with E-state index < -0.39 is 0 Å². The van der Waals surface area contributed by atoms with Crippen molar-refractivity contribution in [1.29, 1.82) is 0 Å². The van der Waals surface area contributed by atoms with Crippen LogP contribution in [-0.4, -0.2) is 43.7 Å². The van der Waals surface area contributed by atoms with Crippen LogP contribution in [0.1, 0.15) is 60.5 Å². The van der Waals surface area contributed by atoms with Crippen LogP contribution in [-0.2, 0) is 4.74 Å². The Kier molecular flexibility index (Phi) is 9.17. The predicted molar refractivity (Wildman–Crippen MR) is 164 cm³/mol. The number of nitrogen functional groups attached to an aromatic ring is 1. The number of morpholine rings is 1. The minimum Gasteiger partial charge on any atom is -0.397 e. The second kappa shape index (κ2) is 12.9. The van der Waals surface area contributed by atoms with E-state index in [1.54, 1.807) is 16.9 Å². The molecule has 1 aromatic heterocycles. The summed E-state index contributed by atoms with van der Waals surface area (Å²) in [5.74, 6) is 1.24. The van der Waals surface area contributed by atoms with Gasteiger partial charge in [-0.3, -0.25) is 9.69 Å². The zero-order valence-electron chi connectivity index (χ0n) is 23.2. The number of benzene rings is 2. The van der Waals surface area contributed by atoms with E-state index in [-0.39, 0.29) is 5.91 Å². The van der Waals surface area contributed by atoms with E-state index in [0.29, 0.717) is 28.8 Å². The molecule has 1 saturated carbocycles. The number of carbonyl (C=O) groups is 1. The molecule has 0 bridgehead atoms. The number of hydrogen-bond acceptors (Lipinski definition) is 5. The van der Waals surface area contributed by atoms with E-state index in [1.165, 1.54) is 31.2 Å². The second-order valence-electron chi connectivity index (χ2n) is 11.0. The van der Waals surface area contributed by atoms with Gasteiger partial charge in [0.05, 0.1) is 24.6 Å². The number of anilines is 2. The molecule has 1 saturated heterocycles. The summed E-state index contributed by atoms with van der Waals surface area (Å²) < 4.78 is 5.52. The van der Waals surface area contributed by atoms with Crippen LogP contribution in [0.4, 0.5) is 11.4 Å². The van der Waals surface area contributed by atoms with Gasteiger partial charge in [-0.05, 0) is 103 Å². The molecule has 1 unspecified atom stereocenters. The van der Waals surface area contributed by atoms with Crippen LogP contribution in [0.15, 0.2) is 59.5 Å². The number of amides is 1. The van der Waals surface area contributed by atoms with Crippen molar-refractivity contribution in [3.8, 4) is 10.4 Å². The Morgan fingerprint density at radius 2 is 2.00 bits per heavy atom. The number of ether oxygens (including phenoxy) is 1. The van der Waals surface area contributed by atoms with Crippen LogP contribution in [0.5, 0.6) is 0 Å². The molecule has 39 heavy (non-hydrogen) atoms. The number of nitrogens with one attached hydrogen (secondary N) is 1. The standard InChI is InChI=1S/C33H41N3O2S/c1-3-24(12-13-36-14-16-38-17-15-36)19-29(25-8-9-25)21-28-20-27(7-6-23(28)2)33(37)35-31-22-26(10-11-30(31)34)32-5-4-18-39-32/h4-7,10-11,18,20-22,24-25H,3,8-9,12-17,19,34H2,1-2H3,(H,35,37)/b29-21+. The van der Waals surface area contributed by atoms with Gasteiger partial charge in [0.2, 0.25) is 0 Å². The molecule has 6 heteroatoms. The smallest absolute Gasteiger partial charge is 0.255 e. The highest BCUT2D eigenvalue weighted by molar-refractivity contribution is 7.13. The lowest BCUT2D eigenvalue weighted by atomic mass is 9.89. The lowest BCUT2D eigenvalue weighted by Crippen LogP contribution is -2.37. The van der Waals surface area contributed by atoms with Crippen LogP contribution in [0.25, 0.3) is 16.5 Å². The number of aryl methyl sites for hydroxylation is 1. The minimum absolute atomic E-state index is 0.135. The molecule has 1 aliphatic carbocycles. The molecule has 2 aromatic carbocycles. The third-order valence-electron chi connectivity index (χ3n) is 8.15. The fraction of sp³-hybridized carbons (Fsp3) is 0.424. The molecule has 5 rings (SSSR count). The van der Waals surface area contributed by atoms with Crippen LogP contribution >= 0.6 is 11.3 Å². The number of rotatable bonds is 11. The molecule has 1 aliphatic heterocycles. The lowest BCUT2D eigenvalue weighted by Gasteiger charge is -2.28. The first kappa shape index (κ1) is 27.6. The van der Waals surface area contributed by atoms with Crippen molar-refractivity contribution in [2.75, 3.05) is 43.9 Å². The Labute approximate surface area is 237 Å². The van der Waals surface area contributed by atoms with E-state index in [4.69, 9.17) is 10.5 Å². The van der Waals surface area contributed by atoms with Crippen molar-refractivity contribution in [1.82, 2.24) is 4.90 Å². The molecule has 0 radical (unpaired) electrons. The van der Waals surface area contributed by atoms with Crippen LogP contribution in [0, 0.1) is 18.8 Å². The lowest BCUT2D eigenvalue weighted by molar-refractivity contribution is 0.0353. The molecule has 1 atom stereocenters. The molecule has 1 amide bonds. The topological polar surface area (TPSA) is 67.6 Å². The highest BCUT2D eigenvalue weighted by atomic mass is 32.1. The van der Waals surface area contributed by atoms with Crippen LogP contribution in [0.2, 0.25) is 0 Å². The average molecular weight is 544 g/mol. The van der Waals surface area contributed by atoms with E-state index in [1.807, 2.05) is 41.8 Å². The summed E-state index contributed by atoms with van der Waals surface area (Å²) in [6.07, 6.45) is 8.52. The Bertz CT molecular complexity index is 1290. The summed E-state index contributed by atoms with van der Waals surface area (Å²) in [4.78, 5) is 17.0. The highest BCUT2D eigenvalue weighted by Crippen LogP contribution is 2.41. The van der Waals surface area contributed by atoms with Crippen LogP contribution in [0.3, 0.4) is 0 Å². The first-order chi connectivity index (χ1) is 19.0. The summed E-state index contributed by atoms with van der Waals surface area (Å²) in [6, 6.07) is 15.9. The largest absolute Gasteiger partial charge is 0.397 e. The van der Waals surface area contributed by atoms with Crippen LogP contribution < -0.4 is 11.1 Å². The summed E-state index contributed by atoms with van der Waals surface area (Å²) in [5.41, 5.74) is 13.0. The Hall–Kier alpha value is -2.93. The zero-order valence-corrected chi connectivity index (χ0v) is 24.1. The Morgan fingerprint density at radius 1 is 1.18 bits per heavy atom. The molecule has 2 fully saturated rings. The Morgan fingerprint density at radius 3 is 2.72 bits per heavy atom. The maximum Gasteiger partial charge on any atom is 0.255 e. The normalized spacial score (nSPS) is 17.2. The summed E-state index contributed by atoms with van der Waals surface area (Å²) in [5, 5.41) is 5.11. The van der Waals surface area contributed by atoms with Gasteiger partial charge in [-0.2, -0.15) is 0 Å². The predicted octanol–water partition coefficient (Wildman–Crippen LogP) is 7.49. The van der Waals surface area contributed by atoms with Gasteiger partial charge in [-0.1, -0.05) is 43.2 Å². The van der Waals surface area contributed by atoms with Gasteiger partial charge in [0.25, 0.3) is 5.91 Å². The van der Waals surface area contributed by atoms with Crippen molar-refractivity contribution in [2.45, 2.75) is 46.0 Å². The van der Waals surface area contributed by atoms with Crippen molar-refractivity contribution in [3.63, 3.8) is 0 Å². The van der Waals surface area contributed by atoms with Crippen molar-refractivity contribution < 1.29 is 9.53 Å². The quantitative estimate of drug-likeness (QED) is 0.246. The van der Waals surface area contributed by atoms with Gasteiger partial charge in [0.15, 0.2) is 0 Å². The SMILES string of the molecule is CCC(CCN1CCOCC1)C/C(=C\c1cc(C(=O)Nc2cc(-c3cccs3)ccc2N)ccc1C)C1CC1. The van der Waals surface area contributed by atoms with Gasteiger partial charge >= 0.3 is 0 Å². The summed E-state index contributed by atoms with van der Waals surface area (Å²) in [7, 11) is 0. The first-order valence-electron chi connectivity index (χ1n) is 14.4. The highest BCUT2D eigenvalue weighted by Gasteiger charge is 2.28. The minimum atomic E-state index is -0.135. The monoisotopic (exact) mass is 543 g/mol. The van der Waals surface area contributed by atoms with Gasteiger partial charge in [0, 0.05) is 23.5 Å². The number of hydrogen-bond donors (Lipinski definition) is 2. The van der Waals surface area contributed by atoms with Crippen molar-refractivity contribution >= 4 is 34.7 Å². The summed E-state index contributed by atoms with van der Waals surface area (Å²) >= 11 is 1.67. The first-order valence-corrected chi connectivity index (χ1v) is 15.2. The van der Waals surface area contributed by atoms with Gasteiger partial charge < -0.3 is 15.8 Å². The number of nitrogens with zero attached hydrogens (tertiary/aromatic N) is 1. The van der Waals surface area contributed by atoms with Crippen molar-refractivity contribution in [3.05, 3.63) is 76.2 Å². The molecule has 206 valence electrons. The molecule has 3 aromatic rings. The third-order valence-corrected chi connectivity index (χ3v) is 9.07. The number of allylic oxidation sites excluding steroid dienone is 1. The van der Waals surface area contributed by atoms with Gasteiger partial charge in [-0.25, -0.2) is 0 Å². The molecule has 0 spiro atoms. The fourth-order valence-corrected chi connectivity index (χ4v) is 6.09. The maximum absolute atomic E-state index is 13.3. The zero-order chi connectivity index (χ0) is 27.2. The van der Waals surface area contributed by atoms with E-state index in [9.17, 15) is 4.79 Å². The van der Waals surface area contributed by atoms with Crippen molar-refractivity contribution in [2.24, 2.45) is 11.8 Å². The van der Waals surface area contributed by atoms with E-state index in [2.05, 4.69) is 42.3 Å².